The third-order valence-electron chi connectivity index (χ3n) is 2.11. The number of methoxy groups -OCH3 is 1. The van der Waals surface area contributed by atoms with Gasteiger partial charge in [0.05, 0.1) is 24.2 Å². The van der Waals surface area contributed by atoms with Gasteiger partial charge >= 0.3 is 0 Å². The van der Waals surface area contributed by atoms with E-state index in [-0.39, 0.29) is 11.1 Å². The second-order valence-electron chi connectivity index (χ2n) is 3.33. The zero-order valence-corrected chi connectivity index (χ0v) is 11.0. The lowest BCUT2D eigenvalue weighted by Crippen LogP contribution is -2.18. The molecule has 0 unspecified atom stereocenters. The average Bonchev–Trinajstić information content (AvgIpc) is 2.74. The lowest BCUT2D eigenvalue weighted by molar-refractivity contribution is -0.117. The third-order valence-corrected chi connectivity index (χ3v) is 2.88. The van der Waals surface area contributed by atoms with E-state index < -0.39 is 0 Å². The molecule has 0 bridgehead atoms. The van der Waals surface area contributed by atoms with Crippen molar-refractivity contribution in [2.45, 2.75) is 0 Å². The summed E-state index contributed by atoms with van der Waals surface area (Å²) in [6.45, 7) is 0. The van der Waals surface area contributed by atoms with Crippen LogP contribution in [0.25, 0.3) is 0 Å². The van der Waals surface area contributed by atoms with Gasteiger partial charge in [-0.3, -0.25) is 14.9 Å². The summed E-state index contributed by atoms with van der Waals surface area (Å²) in [5, 5.41) is 4.84. The number of nitrogens with two attached hydrogens (primary N) is 1. The molecule has 7 heteroatoms. The molecule has 2 amide bonds. The van der Waals surface area contributed by atoms with Crippen LogP contribution >= 0.6 is 11.8 Å². The summed E-state index contributed by atoms with van der Waals surface area (Å²) >= 11 is 1.01. The van der Waals surface area contributed by atoms with E-state index in [1.54, 1.807) is 7.11 Å². The lowest BCUT2D eigenvalue weighted by Gasteiger charge is -2.06. The highest BCUT2D eigenvalue weighted by Crippen LogP contribution is 2.23. The molecule has 4 N–H and O–H groups in total. The molecule has 18 heavy (non-hydrogen) atoms. The van der Waals surface area contributed by atoms with E-state index in [2.05, 4.69) is 10.6 Å². The Morgan fingerprint density at radius 1 is 1.44 bits per heavy atom. The summed E-state index contributed by atoms with van der Waals surface area (Å²) < 4.78 is 5.02. The largest absolute Gasteiger partial charge is 0.497 e. The maximum atomic E-state index is 10.1. The minimum atomic E-state index is -0.231. The van der Waals surface area contributed by atoms with E-state index in [9.17, 15) is 9.59 Å². The highest BCUT2D eigenvalue weighted by Gasteiger charge is 2.16. The van der Waals surface area contributed by atoms with Crippen molar-refractivity contribution < 1.29 is 14.3 Å². The second-order valence-corrected chi connectivity index (χ2v) is 4.28. The van der Waals surface area contributed by atoms with E-state index in [1.807, 2.05) is 25.2 Å². The van der Waals surface area contributed by atoms with Crippen molar-refractivity contribution in [2.24, 2.45) is 0 Å². The van der Waals surface area contributed by atoms with Gasteiger partial charge in [-0.05, 0) is 12.1 Å². The van der Waals surface area contributed by atoms with Crippen LogP contribution < -0.4 is 21.1 Å². The molecule has 0 aliphatic carbocycles. The van der Waals surface area contributed by atoms with Gasteiger partial charge in [0.2, 0.25) is 5.91 Å². The summed E-state index contributed by atoms with van der Waals surface area (Å²) in [4.78, 5) is 20.2. The number of amides is 2. The number of carbonyl (C=O) groups is 2. The van der Waals surface area contributed by atoms with Crippen molar-refractivity contribution in [3.8, 4) is 5.75 Å². The molecule has 98 valence electrons. The molecule has 1 fully saturated rings. The topological polar surface area (TPSA) is 93.4 Å². The molecule has 1 saturated heterocycles. The fourth-order valence-corrected chi connectivity index (χ4v) is 1.72. The van der Waals surface area contributed by atoms with E-state index >= 15 is 0 Å². The van der Waals surface area contributed by atoms with Crippen LogP contribution in [0.1, 0.15) is 0 Å². The van der Waals surface area contributed by atoms with Crippen LogP contribution in [-0.4, -0.2) is 31.1 Å². The van der Waals surface area contributed by atoms with Crippen LogP contribution in [0.5, 0.6) is 5.75 Å². The number of hydrogen-bond acceptors (Lipinski definition) is 6. The number of nitrogens with one attached hydrogen (secondary N) is 2. The van der Waals surface area contributed by atoms with E-state index in [1.165, 1.54) is 0 Å². The van der Waals surface area contributed by atoms with Crippen molar-refractivity contribution >= 4 is 34.3 Å². The Balaban J connectivity index is 0.000000199. The van der Waals surface area contributed by atoms with Gasteiger partial charge < -0.3 is 15.8 Å². The number of rotatable bonds is 2. The molecule has 1 aliphatic rings. The predicted octanol–water partition coefficient (Wildman–Crippen LogP) is 1.29. The molecule has 1 aromatic carbocycles. The summed E-state index contributed by atoms with van der Waals surface area (Å²) in [6.07, 6.45) is 0. The first-order chi connectivity index (χ1) is 8.56. The standard InChI is InChI=1S/C8H12N2O.C3H3NO2S/c1-10-8-5-6(11-2)3-4-7(8)9;5-2-1-7-3(6)4-2/h3-5,10H,9H2,1-2H3;1H2,(H,4,5,6). The molecular weight excluding hydrogens is 254 g/mol. The molecule has 1 heterocycles. The third kappa shape index (κ3) is 4.17. The number of anilines is 2. The number of thioether (sulfide) groups is 1. The Labute approximate surface area is 109 Å². The lowest BCUT2D eigenvalue weighted by atomic mass is 10.2. The number of nitrogen functional groups attached to an aromatic ring is 1. The molecule has 2 rings (SSSR count). The SMILES string of the molecule is CNc1cc(OC)ccc1N.O=C1CSC(=O)N1. The Morgan fingerprint density at radius 2 is 2.17 bits per heavy atom. The Hall–Kier alpha value is -1.89. The minimum Gasteiger partial charge on any atom is -0.497 e. The Bertz CT molecular complexity index is 437. The molecule has 0 atom stereocenters. The van der Waals surface area contributed by atoms with E-state index in [0.717, 1.165) is 28.9 Å². The first-order valence-electron chi connectivity index (χ1n) is 5.14. The summed E-state index contributed by atoms with van der Waals surface area (Å²) in [5.41, 5.74) is 7.26. The van der Waals surface area contributed by atoms with Gasteiger partial charge in [0.25, 0.3) is 5.24 Å². The molecule has 0 aromatic heterocycles. The van der Waals surface area contributed by atoms with Crippen molar-refractivity contribution in [3.05, 3.63) is 18.2 Å². The maximum Gasteiger partial charge on any atom is 0.286 e. The van der Waals surface area contributed by atoms with Gasteiger partial charge in [-0.25, -0.2) is 0 Å². The molecular formula is C11H15N3O3S. The van der Waals surface area contributed by atoms with Gasteiger partial charge in [0.15, 0.2) is 0 Å². The van der Waals surface area contributed by atoms with Crippen LogP contribution in [0, 0.1) is 0 Å². The van der Waals surface area contributed by atoms with E-state index in [4.69, 9.17) is 10.5 Å². The molecule has 0 saturated carbocycles. The van der Waals surface area contributed by atoms with Crippen LogP contribution in [0.3, 0.4) is 0 Å². The summed E-state index contributed by atoms with van der Waals surface area (Å²) in [6, 6.07) is 5.50. The van der Waals surface area contributed by atoms with Gasteiger partial charge in [0.1, 0.15) is 5.75 Å². The molecule has 1 aromatic rings. The number of ether oxygens (including phenoxy) is 1. The fraction of sp³-hybridized carbons (Fsp3) is 0.273. The van der Waals surface area contributed by atoms with Crippen LogP contribution in [0.2, 0.25) is 0 Å². The van der Waals surface area contributed by atoms with Crippen molar-refractivity contribution in [1.82, 2.24) is 5.32 Å². The Kier molecular flexibility index (Phi) is 5.31. The average molecular weight is 269 g/mol. The quantitative estimate of drug-likeness (QED) is 0.700. The Morgan fingerprint density at radius 3 is 2.56 bits per heavy atom. The number of hydrogen-bond donors (Lipinski definition) is 3. The highest BCUT2D eigenvalue weighted by molar-refractivity contribution is 8.14. The maximum absolute atomic E-state index is 10.1. The van der Waals surface area contributed by atoms with Crippen LogP contribution in [0.4, 0.5) is 16.2 Å². The number of carbonyl (C=O) groups excluding carboxylic acids is 2. The predicted molar refractivity (Wildman–Crippen MR) is 72.9 cm³/mol. The normalized spacial score (nSPS) is 13.4. The van der Waals surface area contributed by atoms with Crippen molar-refractivity contribution in [2.75, 3.05) is 31.0 Å². The van der Waals surface area contributed by atoms with Crippen molar-refractivity contribution in [1.29, 1.82) is 0 Å². The molecule has 6 nitrogen and oxygen atoms in total. The van der Waals surface area contributed by atoms with Crippen LogP contribution in [0.15, 0.2) is 18.2 Å². The molecule has 1 aliphatic heterocycles. The van der Waals surface area contributed by atoms with Crippen molar-refractivity contribution in [3.63, 3.8) is 0 Å². The summed E-state index contributed by atoms with van der Waals surface area (Å²) in [5.74, 6) is 0.914. The second kappa shape index (κ2) is 6.75. The first-order valence-corrected chi connectivity index (χ1v) is 6.13. The zero-order valence-electron chi connectivity index (χ0n) is 10.1. The van der Waals surface area contributed by atoms with Gasteiger partial charge in [-0.15, -0.1) is 0 Å². The minimum absolute atomic E-state index is 0.185. The highest BCUT2D eigenvalue weighted by atomic mass is 32.2. The van der Waals surface area contributed by atoms with Crippen LogP contribution in [-0.2, 0) is 4.79 Å². The molecule has 0 spiro atoms. The molecule has 0 radical (unpaired) electrons. The van der Waals surface area contributed by atoms with E-state index in [0.29, 0.717) is 5.75 Å². The number of benzene rings is 1. The van der Waals surface area contributed by atoms with Gasteiger partial charge in [0, 0.05) is 13.1 Å². The fourth-order valence-electron chi connectivity index (χ4n) is 1.20. The number of imide groups is 1. The van der Waals surface area contributed by atoms with Gasteiger partial charge in [-0.2, -0.15) is 0 Å². The zero-order chi connectivity index (χ0) is 13.5. The summed E-state index contributed by atoms with van der Waals surface area (Å²) in [7, 11) is 3.45. The first kappa shape index (κ1) is 14.2. The van der Waals surface area contributed by atoms with Gasteiger partial charge in [-0.1, -0.05) is 11.8 Å². The smallest absolute Gasteiger partial charge is 0.286 e. The monoisotopic (exact) mass is 269 g/mol.